The van der Waals surface area contributed by atoms with Crippen molar-refractivity contribution >= 4 is 5.69 Å². The largest absolute Gasteiger partial charge is 0.488 e. The predicted molar refractivity (Wildman–Crippen MR) is 71.7 cm³/mol. The van der Waals surface area contributed by atoms with Crippen LogP contribution in [0.1, 0.15) is 11.1 Å². The van der Waals surface area contributed by atoms with Crippen LogP contribution >= 0.6 is 0 Å². The first-order chi connectivity index (χ1) is 10.0. The third-order valence-corrected chi connectivity index (χ3v) is 2.86. The fraction of sp³-hybridized carbons (Fsp3) is 0.143. The fourth-order valence-corrected chi connectivity index (χ4v) is 1.85. The summed E-state index contributed by atoms with van der Waals surface area (Å²) in [4.78, 5) is 10.3. The molecule has 0 aliphatic carbocycles. The number of hydrogen-bond acceptors (Lipinski definition) is 4. The summed E-state index contributed by atoms with van der Waals surface area (Å²) < 4.78 is 31.7. The lowest BCUT2D eigenvalue weighted by Crippen LogP contribution is -2.05. The van der Waals surface area contributed by atoms with E-state index in [2.05, 4.69) is 0 Å². The second-order valence-corrected chi connectivity index (χ2v) is 4.27. The number of halogens is 2. The van der Waals surface area contributed by atoms with Gasteiger partial charge in [-0.1, -0.05) is 0 Å². The van der Waals surface area contributed by atoms with Gasteiger partial charge in [0.15, 0.2) is 0 Å². The minimum atomic E-state index is -0.618. The Morgan fingerprint density at radius 3 is 2.33 bits per heavy atom. The Hall–Kier alpha value is -2.54. The molecule has 21 heavy (non-hydrogen) atoms. The molecule has 0 spiro atoms. The molecule has 0 aliphatic heterocycles. The van der Waals surface area contributed by atoms with Crippen LogP contribution in [-0.4, -0.2) is 4.92 Å². The van der Waals surface area contributed by atoms with Gasteiger partial charge in [-0.3, -0.25) is 10.1 Å². The van der Waals surface area contributed by atoms with Gasteiger partial charge in [-0.2, -0.15) is 0 Å². The van der Waals surface area contributed by atoms with E-state index in [0.29, 0.717) is 11.3 Å². The molecule has 0 aromatic heterocycles. The van der Waals surface area contributed by atoms with E-state index in [0.717, 1.165) is 18.2 Å². The van der Waals surface area contributed by atoms with E-state index in [1.54, 1.807) is 0 Å². The molecule has 110 valence electrons. The van der Waals surface area contributed by atoms with E-state index in [1.165, 1.54) is 18.2 Å². The first-order valence-electron chi connectivity index (χ1n) is 6.05. The molecule has 0 saturated carbocycles. The maximum absolute atomic E-state index is 13.2. The van der Waals surface area contributed by atoms with Crippen molar-refractivity contribution in [2.75, 3.05) is 0 Å². The zero-order valence-corrected chi connectivity index (χ0v) is 10.9. The molecule has 0 aliphatic rings. The molecule has 0 radical (unpaired) electrons. The SMILES string of the molecule is NCc1cc(F)ccc1OCc1cc(F)ccc1[N+](=O)[O-]. The first-order valence-corrected chi connectivity index (χ1v) is 6.05. The third-order valence-electron chi connectivity index (χ3n) is 2.86. The Balaban J connectivity index is 2.24. The van der Waals surface area contributed by atoms with Crippen molar-refractivity contribution in [1.29, 1.82) is 0 Å². The van der Waals surface area contributed by atoms with E-state index in [9.17, 15) is 18.9 Å². The summed E-state index contributed by atoms with van der Waals surface area (Å²) in [6.07, 6.45) is 0. The van der Waals surface area contributed by atoms with Crippen LogP contribution in [0.15, 0.2) is 36.4 Å². The number of benzene rings is 2. The molecule has 0 saturated heterocycles. The monoisotopic (exact) mass is 294 g/mol. The Morgan fingerprint density at radius 2 is 1.71 bits per heavy atom. The summed E-state index contributed by atoms with van der Waals surface area (Å²) in [6.45, 7) is -0.162. The molecule has 2 aromatic carbocycles. The van der Waals surface area contributed by atoms with Crippen LogP contribution in [0.4, 0.5) is 14.5 Å². The second kappa shape index (κ2) is 6.27. The summed E-state index contributed by atoms with van der Waals surface area (Å²) >= 11 is 0. The van der Waals surface area contributed by atoms with Crippen molar-refractivity contribution in [3.63, 3.8) is 0 Å². The minimum absolute atomic E-state index is 0.0539. The standard InChI is InChI=1S/C14H12F2N2O3/c15-11-1-3-13(18(19)20)10(6-11)8-21-14-4-2-12(16)5-9(14)7-17/h1-6H,7-8,17H2. The molecule has 2 N–H and O–H groups in total. The highest BCUT2D eigenvalue weighted by Gasteiger charge is 2.15. The summed E-state index contributed by atoms with van der Waals surface area (Å²) in [6, 6.07) is 6.89. The molecular weight excluding hydrogens is 282 g/mol. The third kappa shape index (κ3) is 3.51. The number of nitro groups is 1. The minimum Gasteiger partial charge on any atom is -0.488 e. The lowest BCUT2D eigenvalue weighted by atomic mass is 10.1. The smallest absolute Gasteiger partial charge is 0.276 e. The summed E-state index contributed by atoms with van der Waals surface area (Å²) in [5, 5.41) is 10.9. The predicted octanol–water partition coefficient (Wildman–Crippen LogP) is 2.91. The number of nitrogens with zero attached hydrogens (tertiary/aromatic N) is 1. The number of nitrogens with two attached hydrogens (primary N) is 1. The normalized spacial score (nSPS) is 10.4. The summed E-state index contributed by atoms with van der Waals surface area (Å²) in [7, 11) is 0. The second-order valence-electron chi connectivity index (χ2n) is 4.27. The average molecular weight is 294 g/mol. The first kappa shape index (κ1) is 14.9. The van der Waals surface area contributed by atoms with Crippen LogP contribution in [0.3, 0.4) is 0 Å². The van der Waals surface area contributed by atoms with Crippen LogP contribution in [0.5, 0.6) is 5.75 Å². The van der Waals surface area contributed by atoms with Crippen LogP contribution in [0.2, 0.25) is 0 Å². The molecular formula is C14H12F2N2O3. The van der Waals surface area contributed by atoms with Crippen LogP contribution in [0.25, 0.3) is 0 Å². The Labute approximate surface area is 119 Å². The van der Waals surface area contributed by atoms with Crippen molar-refractivity contribution in [2.45, 2.75) is 13.2 Å². The van der Waals surface area contributed by atoms with Gasteiger partial charge in [-0.15, -0.1) is 0 Å². The molecule has 7 heteroatoms. The van der Waals surface area contributed by atoms with Gasteiger partial charge >= 0.3 is 0 Å². The Bertz CT molecular complexity index is 677. The summed E-state index contributed by atoms with van der Waals surface area (Å²) in [5.41, 5.74) is 5.75. The Kier molecular flexibility index (Phi) is 4.44. The van der Waals surface area contributed by atoms with E-state index in [-0.39, 0.29) is 24.4 Å². The molecule has 0 fully saturated rings. The number of hydrogen-bond donors (Lipinski definition) is 1. The van der Waals surface area contributed by atoms with Gasteiger partial charge in [0.05, 0.1) is 10.5 Å². The van der Waals surface area contributed by atoms with Gasteiger partial charge < -0.3 is 10.5 Å². The lowest BCUT2D eigenvalue weighted by Gasteiger charge is -2.11. The molecule has 0 atom stereocenters. The highest BCUT2D eigenvalue weighted by atomic mass is 19.1. The van der Waals surface area contributed by atoms with Gasteiger partial charge in [-0.25, -0.2) is 8.78 Å². The Morgan fingerprint density at radius 1 is 1.10 bits per heavy atom. The molecule has 0 heterocycles. The number of nitro benzene ring substituents is 1. The van der Waals surface area contributed by atoms with E-state index in [4.69, 9.17) is 10.5 Å². The molecule has 2 rings (SSSR count). The lowest BCUT2D eigenvalue weighted by molar-refractivity contribution is -0.385. The number of rotatable bonds is 5. The van der Waals surface area contributed by atoms with Gasteiger partial charge in [-0.05, 0) is 30.3 Å². The quantitative estimate of drug-likeness (QED) is 0.679. The van der Waals surface area contributed by atoms with Gasteiger partial charge in [0.1, 0.15) is 24.0 Å². The fourth-order valence-electron chi connectivity index (χ4n) is 1.85. The van der Waals surface area contributed by atoms with Crippen LogP contribution < -0.4 is 10.5 Å². The van der Waals surface area contributed by atoms with Gasteiger partial charge in [0, 0.05) is 18.2 Å². The van der Waals surface area contributed by atoms with Crippen molar-refractivity contribution in [3.05, 3.63) is 69.3 Å². The zero-order chi connectivity index (χ0) is 15.4. The van der Waals surface area contributed by atoms with E-state index in [1.807, 2.05) is 0 Å². The van der Waals surface area contributed by atoms with E-state index >= 15 is 0 Å². The molecule has 0 bridgehead atoms. The molecule has 5 nitrogen and oxygen atoms in total. The van der Waals surface area contributed by atoms with Crippen molar-refractivity contribution < 1.29 is 18.4 Å². The topological polar surface area (TPSA) is 78.4 Å². The van der Waals surface area contributed by atoms with Crippen LogP contribution in [0, 0.1) is 21.7 Å². The van der Waals surface area contributed by atoms with E-state index < -0.39 is 16.6 Å². The molecule has 0 amide bonds. The maximum Gasteiger partial charge on any atom is 0.276 e. The molecule has 2 aromatic rings. The highest BCUT2D eigenvalue weighted by molar-refractivity contribution is 5.41. The van der Waals surface area contributed by atoms with Crippen molar-refractivity contribution in [2.24, 2.45) is 5.73 Å². The van der Waals surface area contributed by atoms with Gasteiger partial charge in [0.2, 0.25) is 0 Å². The van der Waals surface area contributed by atoms with Crippen molar-refractivity contribution in [3.8, 4) is 5.75 Å². The van der Waals surface area contributed by atoms with Gasteiger partial charge in [0.25, 0.3) is 5.69 Å². The summed E-state index contributed by atoms with van der Waals surface area (Å²) in [5.74, 6) is -0.755. The maximum atomic E-state index is 13.2. The van der Waals surface area contributed by atoms with Crippen LogP contribution in [-0.2, 0) is 13.2 Å². The molecule has 0 unspecified atom stereocenters. The number of ether oxygens (including phenoxy) is 1. The average Bonchev–Trinajstić information content (AvgIpc) is 2.45. The highest BCUT2D eigenvalue weighted by Crippen LogP contribution is 2.24. The zero-order valence-electron chi connectivity index (χ0n) is 10.9. The van der Waals surface area contributed by atoms with Crippen molar-refractivity contribution in [1.82, 2.24) is 0 Å².